The molecule has 0 spiro atoms. The molecule has 1 fully saturated rings. The van der Waals surface area contributed by atoms with Crippen LogP contribution in [0.4, 0.5) is 5.69 Å². The molecule has 0 aliphatic heterocycles. The van der Waals surface area contributed by atoms with Crippen LogP contribution in [-0.2, 0) is 4.79 Å². The van der Waals surface area contributed by atoms with E-state index in [1.165, 1.54) is 12.8 Å². The molecule has 3 rings (SSSR count). The molecule has 98 valence electrons. The Kier molecular flexibility index (Phi) is 3.34. The van der Waals surface area contributed by atoms with Gasteiger partial charge in [-0.2, -0.15) is 0 Å². The molecule has 2 aromatic rings. The van der Waals surface area contributed by atoms with E-state index >= 15 is 0 Å². The molecule has 0 atom stereocenters. The lowest BCUT2D eigenvalue weighted by Gasteiger charge is -2.06. The van der Waals surface area contributed by atoms with E-state index in [4.69, 9.17) is 0 Å². The molecule has 1 heterocycles. The van der Waals surface area contributed by atoms with Crippen LogP contribution in [0.1, 0.15) is 24.3 Å². The molecule has 0 unspecified atom stereocenters. The number of nitrogens with one attached hydrogen (secondary N) is 1. The molecule has 1 aromatic heterocycles. The second-order valence-corrected chi connectivity index (χ2v) is 6.09. The van der Waals surface area contributed by atoms with E-state index in [0.29, 0.717) is 12.3 Å². The van der Waals surface area contributed by atoms with Gasteiger partial charge in [-0.3, -0.25) is 4.79 Å². The third-order valence-electron chi connectivity index (χ3n) is 3.23. The van der Waals surface area contributed by atoms with Gasteiger partial charge in [0.25, 0.3) is 0 Å². The molecule has 0 saturated heterocycles. The first-order valence-electron chi connectivity index (χ1n) is 6.53. The quantitative estimate of drug-likeness (QED) is 0.918. The van der Waals surface area contributed by atoms with Crippen molar-refractivity contribution in [2.75, 3.05) is 5.32 Å². The van der Waals surface area contributed by atoms with Gasteiger partial charge < -0.3 is 5.32 Å². The highest BCUT2D eigenvalue weighted by Gasteiger charge is 2.24. The molecule has 1 amide bonds. The van der Waals surface area contributed by atoms with Crippen molar-refractivity contribution in [1.82, 2.24) is 4.98 Å². The van der Waals surface area contributed by atoms with Crippen LogP contribution < -0.4 is 5.32 Å². The molecule has 1 aliphatic rings. The first-order chi connectivity index (χ1) is 9.20. The van der Waals surface area contributed by atoms with Crippen LogP contribution in [0, 0.1) is 12.8 Å². The Hall–Kier alpha value is -1.68. The van der Waals surface area contributed by atoms with Gasteiger partial charge in [0, 0.05) is 23.1 Å². The minimum absolute atomic E-state index is 0.120. The first kappa shape index (κ1) is 12.4. The number of hydrogen-bond donors (Lipinski definition) is 1. The maximum atomic E-state index is 11.8. The van der Waals surface area contributed by atoms with Gasteiger partial charge in [0.1, 0.15) is 0 Å². The van der Waals surface area contributed by atoms with Crippen LogP contribution in [0.15, 0.2) is 29.6 Å². The summed E-state index contributed by atoms with van der Waals surface area (Å²) in [7, 11) is 0. The fourth-order valence-electron chi connectivity index (χ4n) is 2.05. The smallest absolute Gasteiger partial charge is 0.224 e. The van der Waals surface area contributed by atoms with Crippen molar-refractivity contribution in [2.24, 2.45) is 5.92 Å². The van der Waals surface area contributed by atoms with E-state index in [-0.39, 0.29) is 5.91 Å². The summed E-state index contributed by atoms with van der Waals surface area (Å²) in [6.07, 6.45) is 3.05. The standard InChI is InChI=1S/C15H16N2OS/c1-10-16-14(9-19-10)12-3-2-4-13(8-12)17-15(18)7-11-5-6-11/h2-4,8-9,11H,5-7H2,1H3,(H,17,18). The van der Waals surface area contributed by atoms with Crippen LogP contribution in [-0.4, -0.2) is 10.9 Å². The van der Waals surface area contributed by atoms with Gasteiger partial charge >= 0.3 is 0 Å². The molecule has 19 heavy (non-hydrogen) atoms. The lowest BCUT2D eigenvalue weighted by atomic mass is 10.1. The largest absolute Gasteiger partial charge is 0.326 e. The van der Waals surface area contributed by atoms with Gasteiger partial charge in [-0.25, -0.2) is 4.98 Å². The average Bonchev–Trinajstić information content (AvgIpc) is 3.08. The zero-order valence-corrected chi connectivity index (χ0v) is 11.7. The first-order valence-corrected chi connectivity index (χ1v) is 7.41. The lowest BCUT2D eigenvalue weighted by molar-refractivity contribution is -0.116. The summed E-state index contributed by atoms with van der Waals surface area (Å²) in [5, 5.41) is 6.06. The van der Waals surface area contributed by atoms with Gasteiger partial charge in [-0.1, -0.05) is 12.1 Å². The van der Waals surface area contributed by atoms with Gasteiger partial charge in [0.15, 0.2) is 0 Å². The summed E-state index contributed by atoms with van der Waals surface area (Å²) in [5.41, 5.74) is 2.88. The number of carbonyl (C=O) groups excluding carboxylic acids is 1. The van der Waals surface area contributed by atoms with Crippen molar-refractivity contribution in [1.29, 1.82) is 0 Å². The number of anilines is 1. The summed E-state index contributed by atoms with van der Waals surface area (Å²) < 4.78 is 0. The Labute approximate surface area is 116 Å². The maximum Gasteiger partial charge on any atom is 0.224 e. The Balaban J connectivity index is 1.73. The van der Waals surface area contributed by atoms with Gasteiger partial charge in [-0.15, -0.1) is 11.3 Å². The average molecular weight is 272 g/mol. The second kappa shape index (κ2) is 5.13. The molecule has 1 aliphatic carbocycles. The third-order valence-corrected chi connectivity index (χ3v) is 4.01. The van der Waals surface area contributed by atoms with E-state index in [0.717, 1.165) is 22.0 Å². The highest BCUT2D eigenvalue weighted by molar-refractivity contribution is 7.09. The number of nitrogens with zero attached hydrogens (tertiary/aromatic N) is 1. The molecule has 4 heteroatoms. The van der Waals surface area contributed by atoms with Gasteiger partial charge in [0.2, 0.25) is 5.91 Å². The van der Waals surface area contributed by atoms with Crippen molar-refractivity contribution >= 4 is 22.9 Å². The maximum absolute atomic E-state index is 11.8. The minimum atomic E-state index is 0.120. The number of aromatic nitrogens is 1. The number of amides is 1. The van der Waals surface area contributed by atoms with E-state index in [2.05, 4.69) is 10.3 Å². The fraction of sp³-hybridized carbons (Fsp3) is 0.333. The Morgan fingerprint density at radius 2 is 2.32 bits per heavy atom. The Bertz CT molecular complexity index is 602. The minimum Gasteiger partial charge on any atom is -0.326 e. The predicted octanol–water partition coefficient (Wildman–Crippen LogP) is 3.86. The van der Waals surface area contributed by atoms with Crippen molar-refractivity contribution in [2.45, 2.75) is 26.2 Å². The predicted molar refractivity (Wildman–Crippen MR) is 78.3 cm³/mol. The summed E-state index contributed by atoms with van der Waals surface area (Å²) >= 11 is 1.64. The molecular weight excluding hydrogens is 256 g/mol. The molecular formula is C15H16N2OS. The Morgan fingerprint density at radius 3 is 3.00 bits per heavy atom. The SMILES string of the molecule is Cc1nc(-c2cccc(NC(=O)CC3CC3)c2)cs1. The lowest BCUT2D eigenvalue weighted by Crippen LogP contribution is -2.11. The highest BCUT2D eigenvalue weighted by atomic mass is 32.1. The highest BCUT2D eigenvalue weighted by Crippen LogP contribution is 2.32. The van der Waals surface area contributed by atoms with E-state index in [1.54, 1.807) is 11.3 Å². The zero-order chi connectivity index (χ0) is 13.2. The monoisotopic (exact) mass is 272 g/mol. The van der Waals surface area contributed by atoms with Crippen molar-refractivity contribution in [3.05, 3.63) is 34.7 Å². The normalized spacial score (nSPS) is 14.4. The van der Waals surface area contributed by atoms with Crippen LogP contribution in [0.3, 0.4) is 0 Å². The summed E-state index contributed by atoms with van der Waals surface area (Å²) in [5.74, 6) is 0.735. The summed E-state index contributed by atoms with van der Waals surface area (Å²) in [6.45, 7) is 2.00. The van der Waals surface area contributed by atoms with Gasteiger partial charge in [0.05, 0.1) is 10.7 Å². The number of aryl methyl sites for hydroxylation is 1. The Morgan fingerprint density at radius 1 is 1.47 bits per heavy atom. The summed E-state index contributed by atoms with van der Waals surface area (Å²) in [4.78, 5) is 16.3. The second-order valence-electron chi connectivity index (χ2n) is 5.03. The molecule has 1 saturated carbocycles. The van der Waals surface area contributed by atoms with Crippen LogP contribution >= 0.6 is 11.3 Å². The topological polar surface area (TPSA) is 42.0 Å². The van der Waals surface area contributed by atoms with Crippen molar-refractivity contribution < 1.29 is 4.79 Å². The van der Waals surface area contributed by atoms with Crippen molar-refractivity contribution in [3.8, 4) is 11.3 Å². The number of thiazole rings is 1. The zero-order valence-electron chi connectivity index (χ0n) is 10.8. The number of carbonyl (C=O) groups is 1. The third kappa shape index (κ3) is 3.20. The summed E-state index contributed by atoms with van der Waals surface area (Å²) in [6, 6.07) is 7.88. The number of rotatable bonds is 4. The number of benzene rings is 1. The molecule has 0 radical (unpaired) electrons. The van der Waals surface area contributed by atoms with Crippen molar-refractivity contribution in [3.63, 3.8) is 0 Å². The van der Waals surface area contributed by atoms with Crippen LogP contribution in [0.2, 0.25) is 0 Å². The van der Waals surface area contributed by atoms with E-state index < -0.39 is 0 Å². The van der Waals surface area contributed by atoms with E-state index in [1.807, 2.05) is 36.6 Å². The fourth-order valence-corrected chi connectivity index (χ4v) is 2.67. The molecule has 1 N–H and O–H groups in total. The number of hydrogen-bond acceptors (Lipinski definition) is 3. The van der Waals surface area contributed by atoms with Crippen LogP contribution in [0.25, 0.3) is 11.3 Å². The molecule has 0 bridgehead atoms. The van der Waals surface area contributed by atoms with Crippen LogP contribution in [0.5, 0.6) is 0 Å². The van der Waals surface area contributed by atoms with Gasteiger partial charge in [-0.05, 0) is 37.8 Å². The van der Waals surface area contributed by atoms with E-state index in [9.17, 15) is 4.79 Å². The molecule has 3 nitrogen and oxygen atoms in total. The molecule has 1 aromatic carbocycles.